The lowest BCUT2D eigenvalue weighted by atomic mass is 9.90. The molecular formula is C16H26FN. The third-order valence-corrected chi connectivity index (χ3v) is 4.43. The van der Waals surface area contributed by atoms with Crippen LogP contribution in [0.25, 0.3) is 0 Å². The van der Waals surface area contributed by atoms with Crippen LogP contribution in [0.1, 0.15) is 46.5 Å². The molecule has 1 N–H and O–H groups in total. The largest absolute Gasteiger partial charge is 0.310 e. The van der Waals surface area contributed by atoms with Crippen LogP contribution in [0.15, 0.2) is 24.3 Å². The Hall–Kier alpha value is -0.890. The Morgan fingerprint density at radius 1 is 1.33 bits per heavy atom. The first-order valence-corrected chi connectivity index (χ1v) is 7.17. The molecule has 1 fully saturated rings. The topological polar surface area (TPSA) is 12.0 Å². The zero-order valence-electron chi connectivity index (χ0n) is 11.5. The molecule has 0 amide bonds. The van der Waals surface area contributed by atoms with Crippen molar-refractivity contribution in [1.82, 2.24) is 5.32 Å². The first-order valence-electron chi connectivity index (χ1n) is 7.17. The summed E-state index contributed by atoms with van der Waals surface area (Å²) in [4.78, 5) is 0. The van der Waals surface area contributed by atoms with Crippen molar-refractivity contribution in [3.05, 3.63) is 35.6 Å². The van der Waals surface area contributed by atoms with E-state index in [4.69, 9.17) is 0 Å². The summed E-state index contributed by atoms with van der Waals surface area (Å²) in [5, 5.41) is 3.60. The van der Waals surface area contributed by atoms with Crippen LogP contribution in [0.5, 0.6) is 0 Å². The molecule has 2 rings (SSSR count). The quantitative estimate of drug-likeness (QED) is 0.819. The van der Waals surface area contributed by atoms with Crippen LogP contribution >= 0.6 is 0 Å². The molecule has 102 valence electrons. The molecule has 1 aromatic rings. The lowest BCUT2D eigenvalue weighted by Gasteiger charge is -2.18. The lowest BCUT2D eigenvalue weighted by molar-refractivity contribution is 0.346. The van der Waals surface area contributed by atoms with Crippen molar-refractivity contribution >= 4 is 0 Å². The maximum atomic E-state index is 12.8. The van der Waals surface area contributed by atoms with Gasteiger partial charge in [-0.3, -0.25) is 0 Å². The van der Waals surface area contributed by atoms with Gasteiger partial charge in [0.15, 0.2) is 0 Å². The fourth-order valence-electron chi connectivity index (χ4n) is 2.92. The van der Waals surface area contributed by atoms with Crippen molar-refractivity contribution in [2.24, 2.45) is 11.8 Å². The summed E-state index contributed by atoms with van der Waals surface area (Å²) in [6, 6.07) is 7.45. The van der Waals surface area contributed by atoms with Gasteiger partial charge in [0.2, 0.25) is 0 Å². The molecule has 1 saturated carbocycles. The van der Waals surface area contributed by atoms with Gasteiger partial charge in [0, 0.05) is 14.0 Å². The van der Waals surface area contributed by atoms with E-state index in [0.29, 0.717) is 6.04 Å². The van der Waals surface area contributed by atoms with E-state index in [1.807, 2.05) is 12.1 Å². The summed E-state index contributed by atoms with van der Waals surface area (Å²) in [7, 11) is 0. The molecule has 0 heterocycles. The van der Waals surface area contributed by atoms with Crippen LogP contribution in [0.3, 0.4) is 0 Å². The highest BCUT2D eigenvalue weighted by Gasteiger charge is 2.27. The second kappa shape index (κ2) is 6.33. The molecule has 0 bridgehead atoms. The van der Waals surface area contributed by atoms with E-state index in [1.165, 1.54) is 43.4 Å². The minimum absolute atomic E-state index is 0. The highest BCUT2D eigenvalue weighted by atomic mass is 19.1. The highest BCUT2D eigenvalue weighted by Crippen LogP contribution is 2.33. The lowest BCUT2D eigenvalue weighted by Crippen LogP contribution is -2.26. The highest BCUT2D eigenvalue weighted by molar-refractivity contribution is 5.15. The molecule has 1 unspecified atom stereocenters. The van der Waals surface area contributed by atoms with E-state index in [-0.39, 0.29) is 7.24 Å². The van der Waals surface area contributed by atoms with Crippen molar-refractivity contribution in [2.45, 2.75) is 52.1 Å². The van der Waals surface area contributed by atoms with Crippen LogP contribution in [-0.2, 0) is 6.54 Å². The van der Waals surface area contributed by atoms with Gasteiger partial charge < -0.3 is 5.32 Å². The number of hydrogen-bond acceptors (Lipinski definition) is 1. The summed E-state index contributed by atoms with van der Waals surface area (Å²) < 4.78 is 12.8. The van der Waals surface area contributed by atoms with Crippen molar-refractivity contribution in [2.75, 3.05) is 0 Å². The number of rotatable bonds is 5. The molecular weight excluding hydrogens is 225 g/mol. The van der Waals surface area contributed by atoms with Gasteiger partial charge in [0.1, 0.15) is 5.82 Å². The minimum atomic E-state index is -0.156. The summed E-state index contributed by atoms with van der Waals surface area (Å²) in [5.41, 5.74) is 1.17. The Morgan fingerprint density at radius 2 is 2.06 bits per heavy atom. The SMILES string of the molecule is CCC(C)[C@@H]1CC[C@H](NCc2ccc(F)cc2)C1.[HH]. The van der Waals surface area contributed by atoms with Gasteiger partial charge in [-0.15, -0.1) is 0 Å². The van der Waals surface area contributed by atoms with E-state index in [2.05, 4.69) is 19.2 Å². The van der Waals surface area contributed by atoms with Gasteiger partial charge in [-0.25, -0.2) is 4.39 Å². The summed E-state index contributed by atoms with van der Waals surface area (Å²) in [6.07, 6.45) is 5.23. The third kappa shape index (κ3) is 3.55. The predicted octanol–water partition coefficient (Wildman–Crippen LogP) is 4.38. The zero-order valence-corrected chi connectivity index (χ0v) is 11.5. The molecule has 1 aliphatic rings. The molecule has 1 aliphatic carbocycles. The predicted molar refractivity (Wildman–Crippen MR) is 75.9 cm³/mol. The zero-order chi connectivity index (χ0) is 13.0. The Morgan fingerprint density at radius 3 is 2.72 bits per heavy atom. The van der Waals surface area contributed by atoms with Crippen molar-refractivity contribution < 1.29 is 5.82 Å². The molecule has 0 aliphatic heterocycles. The molecule has 0 saturated heterocycles. The molecule has 0 radical (unpaired) electrons. The Balaban J connectivity index is 0.00000180. The average molecular weight is 251 g/mol. The van der Waals surface area contributed by atoms with Crippen LogP contribution in [0, 0.1) is 17.7 Å². The van der Waals surface area contributed by atoms with E-state index in [0.717, 1.165) is 18.4 Å². The Labute approximate surface area is 111 Å². The first-order chi connectivity index (χ1) is 8.69. The summed E-state index contributed by atoms with van der Waals surface area (Å²) in [5.74, 6) is 1.58. The molecule has 3 atom stereocenters. The number of hydrogen-bond donors (Lipinski definition) is 1. The summed E-state index contributed by atoms with van der Waals surface area (Å²) >= 11 is 0. The molecule has 2 heteroatoms. The van der Waals surface area contributed by atoms with Gasteiger partial charge in [0.25, 0.3) is 0 Å². The molecule has 0 aromatic heterocycles. The number of halogens is 1. The molecule has 1 nitrogen and oxygen atoms in total. The fourth-order valence-corrected chi connectivity index (χ4v) is 2.92. The van der Waals surface area contributed by atoms with Crippen molar-refractivity contribution in [1.29, 1.82) is 0 Å². The van der Waals surface area contributed by atoms with Crippen LogP contribution in [0.4, 0.5) is 4.39 Å². The smallest absolute Gasteiger partial charge is 0.123 e. The maximum absolute atomic E-state index is 12.8. The van der Waals surface area contributed by atoms with Gasteiger partial charge in [-0.2, -0.15) is 0 Å². The normalized spacial score (nSPS) is 25.3. The van der Waals surface area contributed by atoms with E-state index in [1.54, 1.807) is 0 Å². The monoisotopic (exact) mass is 251 g/mol. The first kappa shape index (κ1) is 13.5. The summed E-state index contributed by atoms with van der Waals surface area (Å²) in [6.45, 7) is 5.51. The van der Waals surface area contributed by atoms with Gasteiger partial charge in [-0.1, -0.05) is 32.4 Å². The third-order valence-electron chi connectivity index (χ3n) is 4.43. The molecule has 1 aromatic carbocycles. The standard InChI is InChI=1S/C16H24FN.H2/c1-3-12(2)14-6-9-16(10-14)18-11-13-4-7-15(17)8-5-13;/h4-5,7-8,12,14,16,18H,3,6,9-11H2,1-2H3;1H/t12?,14-,16+;/m1./s1. The minimum Gasteiger partial charge on any atom is -0.310 e. The molecule has 18 heavy (non-hydrogen) atoms. The van der Waals surface area contributed by atoms with Crippen LogP contribution in [-0.4, -0.2) is 6.04 Å². The second-order valence-electron chi connectivity index (χ2n) is 5.66. The van der Waals surface area contributed by atoms with E-state index in [9.17, 15) is 4.39 Å². The Bertz CT molecular complexity index is 366. The van der Waals surface area contributed by atoms with Crippen molar-refractivity contribution in [3.8, 4) is 0 Å². The average Bonchev–Trinajstić information content (AvgIpc) is 2.86. The number of nitrogens with one attached hydrogen (secondary N) is 1. The van der Waals surface area contributed by atoms with Crippen molar-refractivity contribution in [3.63, 3.8) is 0 Å². The van der Waals surface area contributed by atoms with Crippen LogP contribution < -0.4 is 5.32 Å². The van der Waals surface area contributed by atoms with Gasteiger partial charge >= 0.3 is 0 Å². The van der Waals surface area contributed by atoms with E-state index >= 15 is 0 Å². The van der Waals surface area contributed by atoms with Gasteiger partial charge in [-0.05, 0) is 48.8 Å². The maximum Gasteiger partial charge on any atom is 0.123 e. The number of benzene rings is 1. The Kier molecular flexibility index (Phi) is 4.76. The van der Waals surface area contributed by atoms with Gasteiger partial charge in [0.05, 0.1) is 0 Å². The van der Waals surface area contributed by atoms with Crippen LogP contribution in [0.2, 0.25) is 0 Å². The second-order valence-corrected chi connectivity index (χ2v) is 5.66. The fraction of sp³-hybridized carbons (Fsp3) is 0.625. The molecule has 0 spiro atoms. The van der Waals surface area contributed by atoms with E-state index < -0.39 is 0 Å².